The standard InChI is InChI=1S/C25H26N4O2/c1-27-24-10-9-21(13-22(24)14-26)20-7-4-18(5-8-20)17-29(2)23-12-19(15-28-16-23)6-11-25(30)31-3/h4-16,26-27H,17H2,1-3H3/b11-6+,26-14?. The molecule has 158 valence electrons. The number of aromatic nitrogens is 1. The number of hydrogen-bond donors (Lipinski definition) is 2. The van der Waals surface area contributed by atoms with Crippen LogP contribution in [0.2, 0.25) is 0 Å². The van der Waals surface area contributed by atoms with E-state index < -0.39 is 5.97 Å². The van der Waals surface area contributed by atoms with Crippen molar-refractivity contribution in [1.82, 2.24) is 4.98 Å². The maximum Gasteiger partial charge on any atom is 0.330 e. The van der Waals surface area contributed by atoms with Gasteiger partial charge in [-0.15, -0.1) is 0 Å². The van der Waals surface area contributed by atoms with Crippen LogP contribution in [0.15, 0.2) is 67.0 Å². The van der Waals surface area contributed by atoms with Crippen molar-refractivity contribution in [3.63, 3.8) is 0 Å². The second kappa shape index (κ2) is 10.2. The van der Waals surface area contributed by atoms with E-state index in [-0.39, 0.29) is 0 Å². The molecule has 3 rings (SSSR count). The molecule has 0 spiro atoms. The van der Waals surface area contributed by atoms with Crippen molar-refractivity contribution < 1.29 is 9.53 Å². The number of nitrogens with one attached hydrogen (secondary N) is 2. The van der Waals surface area contributed by atoms with Gasteiger partial charge in [0.2, 0.25) is 0 Å². The van der Waals surface area contributed by atoms with E-state index in [1.54, 1.807) is 18.5 Å². The first-order valence-corrected chi connectivity index (χ1v) is 9.88. The van der Waals surface area contributed by atoms with Crippen LogP contribution in [0.1, 0.15) is 16.7 Å². The number of rotatable bonds is 8. The molecule has 0 fully saturated rings. The Bertz CT molecular complexity index is 1090. The summed E-state index contributed by atoms with van der Waals surface area (Å²) in [6, 6.07) is 16.4. The molecule has 0 aliphatic carbocycles. The van der Waals surface area contributed by atoms with Crippen molar-refractivity contribution in [2.24, 2.45) is 0 Å². The molecule has 0 aliphatic rings. The van der Waals surface area contributed by atoms with Crippen LogP contribution in [-0.4, -0.2) is 38.4 Å². The Kier molecular flexibility index (Phi) is 7.17. The molecule has 0 atom stereocenters. The van der Waals surface area contributed by atoms with Crippen molar-refractivity contribution >= 4 is 29.6 Å². The minimum Gasteiger partial charge on any atom is -0.466 e. The van der Waals surface area contributed by atoms with Gasteiger partial charge in [0.25, 0.3) is 0 Å². The Morgan fingerprint density at radius 2 is 1.87 bits per heavy atom. The highest BCUT2D eigenvalue weighted by atomic mass is 16.5. The quantitative estimate of drug-likeness (QED) is 0.320. The maximum atomic E-state index is 11.3. The van der Waals surface area contributed by atoms with E-state index in [1.165, 1.54) is 25.0 Å². The number of benzene rings is 2. The van der Waals surface area contributed by atoms with Gasteiger partial charge in [-0.1, -0.05) is 30.3 Å². The monoisotopic (exact) mass is 414 g/mol. The first-order chi connectivity index (χ1) is 15.0. The molecule has 0 unspecified atom stereocenters. The van der Waals surface area contributed by atoms with Gasteiger partial charge in [0, 0.05) is 50.4 Å². The summed E-state index contributed by atoms with van der Waals surface area (Å²) < 4.78 is 4.62. The normalized spacial score (nSPS) is 10.7. The van der Waals surface area contributed by atoms with Gasteiger partial charge in [0.05, 0.1) is 19.0 Å². The number of nitrogens with zero attached hydrogens (tertiary/aromatic N) is 2. The van der Waals surface area contributed by atoms with E-state index in [1.807, 2.05) is 32.3 Å². The maximum absolute atomic E-state index is 11.3. The lowest BCUT2D eigenvalue weighted by Crippen LogP contribution is -2.16. The van der Waals surface area contributed by atoms with Gasteiger partial charge in [-0.05, 0) is 46.5 Å². The van der Waals surface area contributed by atoms with E-state index in [9.17, 15) is 4.79 Å². The number of esters is 1. The number of methoxy groups -OCH3 is 1. The third-order valence-corrected chi connectivity index (χ3v) is 4.98. The van der Waals surface area contributed by atoms with Crippen LogP contribution < -0.4 is 10.2 Å². The minimum absolute atomic E-state index is 0.396. The van der Waals surface area contributed by atoms with Crippen LogP contribution in [0.3, 0.4) is 0 Å². The smallest absolute Gasteiger partial charge is 0.330 e. The number of hydrogen-bond acceptors (Lipinski definition) is 6. The van der Waals surface area contributed by atoms with Crippen molar-refractivity contribution in [2.75, 3.05) is 31.4 Å². The third kappa shape index (κ3) is 5.57. The topological polar surface area (TPSA) is 78.3 Å². The molecule has 31 heavy (non-hydrogen) atoms. The van der Waals surface area contributed by atoms with E-state index in [0.717, 1.165) is 40.2 Å². The summed E-state index contributed by atoms with van der Waals surface area (Å²) in [5.41, 5.74) is 6.93. The summed E-state index contributed by atoms with van der Waals surface area (Å²) in [5.74, 6) is -0.396. The first-order valence-electron chi connectivity index (χ1n) is 9.88. The highest BCUT2D eigenvalue weighted by Gasteiger charge is 2.06. The van der Waals surface area contributed by atoms with Gasteiger partial charge in [0.15, 0.2) is 0 Å². The summed E-state index contributed by atoms with van der Waals surface area (Å²) in [6.07, 6.45) is 7.93. The lowest BCUT2D eigenvalue weighted by atomic mass is 10.0. The first kappa shape index (κ1) is 21.8. The molecule has 0 amide bonds. The Morgan fingerprint density at radius 1 is 1.13 bits per heavy atom. The minimum atomic E-state index is -0.396. The Morgan fingerprint density at radius 3 is 2.55 bits per heavy atom. The SMILES string of the molecule is CNc1ccc(-c2ccc(CN(C)c3cncc(/C=C/C(=O)OC)c3)cc2)cc1C=N. The van der Waals surface area contributed by atoms with Gasteiger partial charge in [-0.25, -0.2) is 4.79 Å². The largest absolute Gasteiger partial charge is 0.466 e. The molecule has 2 aromatic carbocycles. The number of anilines is 2. The average molecular weight is 415 g/mol. The predicted octanol–water partition coefficient (Wildman–Crippen LogP) is 4.61. The molecule has 2 N–H and O–H groups in total. The highest BCUT2D eigenvalue weighted by molar-refractivity contribution is 5.88. The molecule has 0 saturated heterocycles. The number of carbonyl (C=O) groups is 1. The molecule has 3 aromatic rings. The van der Waals surface area contributed by atoms with Crippen LogP contribution in [-0.2, 0) is 16.1 Å². The van der Waals surface area contributed by atoms with Crippen molar-refractivity contribution in [3.8, 4) is 11.1 Å². The van der Waals surface area contributed by atoms with Crippen molar-refractivity contribution in [2.45, 2.75) is 6.54 Å². The zero-order valence-electron chi connectivity index (χ0n) is 17.9. The molecule has 0 aliphatic heterocycles. The molecule has 0 bridgehead atoms. The summed E-state index contributed by atoms with van der Waals surface area (Å²) in [6.45, 7) is 0.719. The zero-order chi connectivity index (χ0) is 22.2. The molecule has 1 heterocycles. The van der Waals surface area contributed by atoms with Gasteiger partial charge in [-0.2, -0.15) is 0 Å². The summed E-state index contributed by atoms with van der Waals surface area (Å²) >= 11 is 0. The molecule has 6 heteroatoms. The zero-order valence-corrected chi connectivity index (χ0v) is 17.9. The van der Waals surface area contributed by atoms with Crippen LogP contribution in [0, 0.1) is 5.41 Å². The third-order valence-electron chi connectivity index (χ3n) is 4.98. The number of carbonyl (C=O) groups excluding carboxylic acids is 1. The van der Waals surface area contributed by atoms with Gasteiger partial charge in [-0.3, -0.25) is 4.98 Å². The van der Waals surface area contributed by atoms with E-state index >= 15 is 0 Å². The van der Waals surface area contributed by atoms with Crippen molar-refractivity contribution in [1.29, 1.82) is 5.41 Å². The predicted molar refractivity (Wildman–Crippen MR) is 127 cm³/mol. The second-order valence-electron chi connectivity index (χ2n) is 7.08. The number of pyridine rings is 1. The molecule has 0 saturated carbocycles. The van der Waals surface area contributed by atoms with Crippen LogP contribution in [0.4, 0.5) is 11.4 Å². The van der Waals surface area contributed by atoms with E-state index in [4.69, 9.17) is 5.41 Å². The average Bonchev–Trinajstić information content (AvgIpc) is 2.82. The highest BCUT2D eigenvalue weighted by Crippen LogP contribution is 2.25. The van der Waals surface area contributed by atoms with Gasteiger partial charge < -0.3 is 20.4 Å². The molecule has 1 aromatic heterocycles. The van der Waals surface area contributed by atoms with Gasteiger partial charge >= 0.3 is 5.97 Å². The summed E-state index contributed by atoms with van der Waals surface area (Å²) in [5, 5.41) is 10.7. The fraction of sp³-hybridized carbons (Fsp3) is 0.160. The Labute approximate surface area is 182 Å². The summed E-state index contributed by atoms with van der Waals surface area (Å²) in [7, 11) is 5.21. The molecule has 0 radical (unpaired) electrons. The molecular formula is C25H26N4O2. The Balaban J connectivity index is 1.72. The fourth-order valence-electron chi connectivity index (χ4n) is 3.23. The van der Waals surface area contributed by atoms with E-state index in [0.29, 0.717) is 0 Å². The van der Waals surface area contributed by atoms with E-state index in [2.05, 4.69) is 50.3 Å². The lowest BCUT2D eigenvalue weighted by molar-refractivity contribution is -0.134. The number of ether oxygens (including phenoxy) is 1. The van der Waals surface area contributed by atoms with Crippen molar-refractivity contribution in [3.05, 3.63) is 83.7 Å². The van der Waals surface area contributed by atoms with Crippen LogP contribution in [0.25, 0.3) is 17.2 Å². The van der Waals surface area contributed by atoms with Crippen LogP contribution >= 0.6 is 0 Å². The molecule has 6 nitrogen and oxygen atoms in total. The second-order valence-corrected chi connectivity index (χ2v) is 7.08. The Hall–Kier alpha value is -3.93. The fourth-order valence-corrected chi connectivity index (χ4v) is 3.23. The molecular weight excluding hydrogens is 388 g/mol. The lowest BCUT2D eigenvalue weighted by Gasteiger charge is -2.19. The van der Waals surface area contributed by atoms with Gasteiger partial charge in [0.1, 0.15) is 0 Å². The van der Waals surface area contributed by atoms with Crippen LogP contribution in [0.5, 0.6) is 0 Å². The summed E-state index contributed by atoms with van der Waals surface area (Å²) in [4.78, 5) is 17.7.